The third-order valence-electron chi connectivity index (χ3n) is 11.8. The number of carbonyl (C=O) groups is 3. The van der Waals surface area contributed by atoms with Gasteiger partial charge in [0.15, 0.2) is 5.60 Å². The lowest BCUT2D eigenvalue weighted by Gasteiger charge is -2.37. The molecule has 264 valence electrons. The quantitative estimate of drug-likeness (QED) is 0.281. The fraction of sp³-hybridized carbons (Fsp3) is 0.475. The molecular weight excluding hydrogens is 647 g/mol. The Morgan fingerprint density at radius 1 is 0.880 bits per heavy atom. The first-order valence-corrected chi connectivity index (χ1v) is 21.3. The molecule has 0 saturated carbocycles. The zero-order valence-corrected chi connectivity index (χ0v) is 30.7. The molecule has 1 spiro atoms. The second-order valence-electron chi connectivity index (χ2n) is 14.9. The number of anilines is 3. The predicted octanol–water partition coefficient (Wildman–Crippen LogP) is 5.87. The number of aliphatic hydroxyl groups excluding tert-OH is 1. The number of nitrogens with zero attached hydrogens (tertiary/aromatic N) is 3. The minimum Gasteiger partial charge on any atom is -0.497 e. The van der Waals surface area contributed by atoms with E-state index in [1.807, 2.05) is 69.3 Å². The number of benzene rings is 3. The Hall–Kier alpha value is -3.99. The van der Waals surface area contributed by atoms with Gasteiger partial charge in [-0.05, 0) is 85.7 Å². The van der Waals surface area contributed by atoms with Crippen LogP contribution < -0.4 is 24.6 Å². The Labute approximate surface area is 296 Å². The van der Waals surface area contributed by atoms with E-state index >= 15 is 4.79 Å². The molecule has 4 aliphatic heterocycles. The minimum atomic E-state index is -2.34. The molecule has 10 heteroatoms. The number of hydrogen-bond donors (Lipinski definition) is 1. The maximum atomic E-state index is 15.2. The number of methoxy groups -OCH3 is 1. The van der Waals surface area contributed by atoms with Crippen molar-refractivity contribution in [1.29, 1.82) is 0 Å². The number of piperidine rings is 2. The largest absolute Gasteiger partial charge is 0.497 e. The van der Waals surface area contributed by atoms with Crippen molar-refractivity contribution in [3.05, 3.63) is 77.9 Å². The molecule has 3 amide bonds. The SMILES string of the molecule is COc1ccc([Si](C)(C)[C@H]2[C@H](CCO)O[C@@]3(C(=O)N(Cc4cccc(N5CCCCC5=O)c4)c4ccc(N5CCCCC5=O)cc43)[C@@H]2C)cc1. The number of hydrogen-bond acceptors (Lipinski definition) is 6. The molecule has 4 heterocycles. The lowest BCUT2D eigenvalue weighted by Crippen LogP contribution is -2.51. The highest BCUT2D eigenvalue weighted by Gasteiger charge is 2.66. The molecule has 0 radical (unpaired) electrons. The van der Waals surface area contributed by atoms with Crippen LogP contribution in [0, 0.1) is 5.92 Å². The first-order valence-electron chi connectivity index (χ1n) is 18.2. The molecule has 0 aromatic heterocycles. The van der Waals surface area contributed by atoms with Gasteiger partial charge in [-0.15, -0.1) is 0 Å². The van der Waals surface area contributed by atoms with Crippen LogP contribution in [0.3, 0.4) is 0 Å². The summed E-state index contributed by atoms with van der Waals surface area (Å²) in [6, 6.07) is 22.2. The van der Waals surface area contributed by atoms with Gasteiger partial charge < -0.3 is 29.3 Å². The Balaban J connectivity index is 1.31. The summed E-state index contributed by atoms with van der Waals surface area (Å²) in [7, 11) is -0.678. The number of carbonyl (C=O) groups excluding carboxylic acids is 3. The van der Waals surface area contributed by atoms with Gasteiger partial charge in [0.05, 0.1) is 33.5 Å². The molecule has 50 heavy (non-hydrogen) atoms. The average Bonchev–Trinajstić information content (AvgIpc) is 3.55. The third-order valence-corrected chi connectivity index (χ3v) is 16.1. The fourth-order valence-electron chi connectivity index (χ4n) is 9.19. The highest BCUT2D eigenvalue weighted by molar-refractivity contribution is 6.91. The fourth-order valence-corrected chi connectivity index (χ4v) is 13.2. The lowest BCUT2D eigenvalue weighted by molar-refractivity contribution is -0.146. The van der Waals surface area contributed by atoms with Crippen molar-refractivity contribution in [2.24, 2.45) is 5.92 Å². The monoisotopic (exact) mass is 695 g/mol. The Bertz CT molecular complexity index is 1780. The molecule has 3 fully saturated rings. The Kier molecular flexibility index (Phi) is 9.38. The molecule has 7 rings (SSSR count). The summed E-state index contributed by atoms with van der Waals surface area (Å²) in [4.78, 5) is 46.7. The van der Waals surface area contributed by atoms with Gasteiger partial charge in [-0.1, -0.05) is 49.5 Å². The maximum absolute atomic E-state index is 15.2. The van der Waals surface area contributed by atoms with Crippen LogP contribution in [0.2, 0.25) is 18.6 Å². The van der Waals surface area contributed by atoms with Crippen molar-refractivity contribution in [3.8, 4) is 5.75 Å². The maximum Gasteiger partial charge on any atom is 0.264 e. The third kappa shape index (κ3) is 5.75. The van der Waals surface area contributed by atoms with Crippen molar-refractivity contribution in [1.82, 2.24) is 0 Å². The van der Waals surface area contributed by atoms with E-state index in [9.17, 15) is 14.7 Å². The summed E-state index contributed by atoms with van der Waals surface area (Å²) in [6.45, 7) is 8.42. The number of rotatable bonds is 9. The topological polar surface area (TPSA) is 99.6 Å². The second-order valence-corrected chi connectivity index (χ2v) is 19.6. The van der Waals surface area contributed by atoms with Gasteiger partial charge in [-0.3, -0.25) is 14.4 Å². The van der Waals surface area contributed by atoms with E-state index in [1.165, 1.54) is 5.19 Å². The normalized spacial score (nSPS) is 25.5. The number of ether oxygens (including phenoxy) is 2. The van der Waals surface area contributed by atoms with Crippen molar-refractivity contribution in [2.45, 2.75) is 88.8 Å². The molecule has 3 aromatic rings. The smallest absolute Gasteiger partial charge is 0.264 e. The van der Waals surface area contributed by atoms with E-state index in [1.54, 1.807) is 7.11 Å². The van der Waals surface area contributed by atoms with Crippen LogP contribution in [0.1, 0.15) is 63.0 Å². The summed E-state index contributed by atoms with van der Waals surface area (Å²) in [5.41, 5.74) is 2.86. The molecule has 9 nitrogen and oxygen atoms in total. The van der Waals surface area contributed by atoms with Crippen LogP contribution in [-0.2, 0) is 31.3 Å². The van der Waals surface area contributed by atoms with Gasteiger partial charge in [0.2, 0.25) is 11.8 Å². The summed E-state index contributed by atoms with van der Waals surface area (Å²) in [5, 5.41) is 11.6. The predicted molar refractivity (Wildman–Crippen MR) is 198 cm³/mol. The highest BCUT2D eigenvalue weighted by atomic mass is 28.3. The molecule has 0 bridgehead atoms. The van der Waals surface area contributed by atoms with E-state index in [0.29, 0.717) is 38.9 Å². The Morgan fingerprint density at radius 2 is 1.54 bits per heavy atom. The zero-order valence-electron chi connectivity index (χ0n) is 29.7. The van der Waals surface area contributed by atoms with Crippen LogP contribution in [-0.4, -0.2) is 63.8 Å². The average molecular weight is 696 g/mol. The number of fused-ring (bicyclic) bond motifs is 2. The first-order chi connectivity index (χ1) is 24.1. The molecule has 4 aliphatic rings. The molecule has 3 aromatic carbocycles. The van der Waals surface area contributed by atoms with E-state index in [2.05, 4.69) is 32.2 Å². The number of aliphatic hydroxyl groups is 1. The van der Waals surface area contributed by atoms with Gasteiger partial charge in [-0.2, -0.15) is 0 Å². The van der Waals surface area contributed by atoms with Crippen LogP contribution >= 0.6 is 0 Å². The van der Waals surface area contributed by atoms with Gasteiger partial charge in [0, 0.05) is 55.4 Å². The first kappa shape index (κ1) is 34.5. The standard InChI is InChI=1S/C40H49N3O6Si/c1-27-38(50(3,4)32-17-15-31(48-2)16-18-32)35(20-23-44)49-40(27)33-25-30(42-22-8-6-13-37(42)46)14-19-34(33)43(39(40)47)26-28-10-9-11-29(24-28)41-21-7-5-12-36(41)45/h9-11,14-19,24-25,27,35,38,44H,5-8,12-13,20-23,26H2,1-4H3/t27-,35+,38-,40+/m1/s1. The molecule has 0 unspecified atom stereocenters. The summed E-state index contributed by atoms with van der Waals surface area (Å²) >= 11 is 0. The zero-order chi connectivity index (χ0) is 35.2. The second kappa shape index (κ2) is 13.6. The number of amides is 3. The molecule has 0 aliphatic carbocycles. The van der Waals surface area contributed by atoms with Crippen molar-refractivity contribution < 1.29 is 29.0 Å². The highest BCUT2D eigenvalue weighted by Crippen LogP contribution is 2.60. The van der Waals surface area contributed by atoms with Crippen molar-refractivity contribution >= 4 is 48.0 Å². The summed E-state index contributed by atoms with van der Waals surface area (Å²) < 4.78 is 12.6. The molecule has 4 atom stereocenters. The molecule has 1 N–H and O–H groups in total. The van der Waals surface area contributed by atoms with Gasteiger partial charge in [0.1, 0.15) is 5.75 Å². The van der Waals surface area contributed by atoms with E-state index < -0.39 is 13.7 Å². The van der Waals surface area contributed by atoms with Gasteiger partial charge in [0.25, 0.3) is 5.91 Å². The summed E-state index contributed by atoms with van der Waals surface area (Å²) in [6.07, 6.45) is 4.84. The van der Waals surface area contributed by atoms with Gasteiger partial charge in [-0.25, -0.2) is 0 Å². The van der Waals surface area contributed by atoms with Crippen molar-refractivity contribution in [2.75, 3.05) is 41.5 Å². The lowest BCUT2D eigenvalue weighted by atomic mass is 9.82. The van der Waals surface area contributed by atoms with Crippen LogP contribution in [0.4, 0.5) is 17.1 Å². The van der Waals surface area contributed by atoms with Gasteiger partial charge >= 0.3 is 0 Å². The minimum absolute atomic E-state index is 0.00788. The van der Waals surface area contributed by atoms with Crippen molar-refractivity contribution in [3.63, 3.8) is 0 Å². The molecule has 3 saturated heterocycles. The van der Waals surface area contributed by atoms with E-state index in [-0.39, 0.29) is 41.9 Å². The summed E-state index contributed by atoms with van der Waals surface area (Å²) in [5.74, 6) is 0.685. The molecular formula is C40H49N3O6Si. The van der Waals surface area contributed by atoms with Crippen LogP contribution in [0.25, 0.3) is 0 Å². The van der Waals surface area contributed by atoms with E-state index in [4.69, 9.17) is 9.47 Å². The van der Waals surface area contributed by atoms with E-state index in [0.717, 1.165) is 59.6 Å². The van der Waals surface area contributed by atoms with Crippen LogP contribution in [0.5, 0.6) is 5.75 Å². The Morgan fingerprint density at radius 3 is 2.16 bits per heavy atom. The van der Waals surface area contributed by atoms with Crippen LogP contribution in [0.15, 0.2) is 66.7 Å².